The van der Waals surface area contributed by atoms with Crippen LogP contribution in [0.2, 0.25) is 0 Å². The van der Waals surface area contributed by atoms with Crippen LogP contribution >= 0.6 is 0 Å². The molecule has 6 nitrogen and oxygen atoms in total. The van der Waals surface area contributed by atoms with E-state index in [2.05, 4.69) is 42.2 Å². The maximum Gasteiger partial charge on any atom is 0.344 e. The van der Waals surface area contributed by atoms with Crippen molar-refractivity contribution < 1.29 is 18.7 Å². The molecule has 1 aromatic heterocycles. The number of hydrogen-bond acceptors (Lipinski definition) is 6. The lowest BCUT2D eigenvalue weighted by Gasteiger charge is -2.27. The second-order valence-corrected chi connectivity index (χ2v) is 9.05. The molecule has 0 saturated carbocycles. The summed E-state index contributed by atoms with van der Waals surface area (Å²) >= 11 is 0. The Hall–Kier alpha value is -3.90. The van der Waals surface area contributed by atoms with E-state index in [4.69, 9.17) is 18.9 Å². The van der Waals surface area contributed by atoms with Crippen molar-refractivity contribution in [2.75, 3.05) is 19.8 Å². The molecule has 1 atom stereocenters. The van der Waals surface area contributed by atoms with Gasteiger partial charge in [0.2, 0.25) is 5.89 Å². The van der Waals surface area contributed by atoms with Crippen LogP contribution in [0.5, 0.6) is 5.75 Å². The Morgan fingerprint density at radius 1 is 0.973 bits per heavy atom. The Balaban J connectivity index is 1.40. The lowest BCUT2D eigenvalue weighted by molar-refractivity contribution is -0.145. The molecule has 0 spiro atoms. The van der Waals surface area contributed by atoms with Gasteiger partial charge in [-0.3, -0.25) is 4.90 Å². The molecule has 1 unspecified atom stereocenters. The quantitative estimate of drug-likeness (QED) is 0.235. The Kier molecular flexibility index (Phi) is 7.66. The van der Waals surface area contributed by atoms with Crippen LogP contribution in [0, 0.1) is 0 Å². The number of carbonyl (C=O) groups is 1. The largest absolute Gasteiger partial charge is 0.482 e. The van der Waals surface area contributed by atoms with Crippen LogP contribution in [0.1, 0.15) is 43.3 Å². The molecule has 5 rings (SSSR count). The van der Waals surface area contributed by atoms with Gasteiger partial charge in [0, 0.05) is 17.2 Å². The van der Waals surface area contributed by atoms with E-state index in [0.29, 0.717) is 19.0 Å². The minimum atomic E-state index is -0.350. The fraction of sp³-hybridized carbons (Fsp3) is 0.290. The van der Waals surface area contributed by atoms with Gasteiger partial charge in [0.15, 0.2) is 12.4 Å². The highest BCUT2D eigenvalue weighted by molar-refractivity contribution is 5.76. The first kappa shape index (κ1) is 24.8. The number of rotatable bonds is 10. The highest BCUT2D eigenvalue weighted by Gasteiger charge is 2.31. The fourth-order valence-electron chi connectivity index (χ4n) is 5.08. The normalized spacial score (nSPS) is 14.5. The predicted molar refractivity (Wildman–Crippen MR) is 143 cm³/mol. The van der Waals surface area contributed by atoms with Crippen molar-refractivity contribution in [3.63, 3.8) is 0 Å². The van der Waals surface area contributed by atoms with Crippen molar-refractivity contribution in [3.05, 3.63) is 95.9 Å². The zero-order chi connectivity index (χ0) is 25.6. The zero-order valence-electron chi connectivity index (χ0n) is 21.4. The van der Waals surface area contributed by atoms with Gasteiger partial charge in [-0.2, -0.15) is 0 Å². The molecule has 0 saturated heterocycles. The molecular formula is C31H32N2O4. The number of ether oxygens (including phenoxy) is 2. The molecule has 1 aliphatic carbocycles. The summed E-state index contributed by atoms with van der Waals surface area (Å²) in [6.45, 7) is 5.68. The number of hydrogen-bond donors (Lipinski definition) is 0. The molecular weight excluding hydrogens is 464 g/mol. The maximum atomic E-state index is 11.8. The Labute approximate surface area is 217 Å². The summed E-state index contributed by atoms with van der Waals surface area (Å²) in [5.41, 5.74) is 5.31. The first-order valence-corrected chi connectivity index (χ1v) is 12.9. The van der Waals surface area contributed by atoms with Crippen LogP contribution in [-0.4, -0.2) is 35.6 Å². The van der Waals surface area contributed by atoms with Crippen LogP contribution in [0.3, 0.4) is 0 Å². The van der Waals surface area contributed by atoms with Gasteiger partial charge in [0.1, 0.15) is 11.4 Å². The van der Waals surface area contributed by atoms with E-state index in [1.54, 1.807) is 6.92 Å². The van der Waals surface area contributed by atoms with Crippen molar-refractivity contribution in [3.8, 4) is 28.3 Å². The van der Waals surface area contributed by atoms with Gasteiger partial charge < -0.3 is 13.9 Å². The van der Waals surface area contributed by atoms with Gasteiger partial charge in [-0.1, -0.05) is 79.7 Å². The zero-order valence-corrected chi connectivity index (χ0v) is 21.4. The number of carbonyl (C=O) groups excluding carboxylic acids is 1. The summed E-state index contributed by atoms with van der Waals surface area (Å²) in [6, 6.07) is 26.6. The predicted octanol–water partition coefficient (Wildman–Crippen LogP) is 6.46. The van der Waals surface area contributed by atoms with E-state index in [9.17, 15) is 4.79 Å². The van der Waals surface area contributed by atoms with Crippen LogP contribution in [0.25, 0.3) is 22.6 Å². The fourth-order valence-corrected chi connectivity index (χ4v) is 5.08. The van der Waals surface area contributed by atoms with Crippen molar-refractivity contribution in [2.24, 2.45) is 0 Å². The van der Waals surface area contributed by atoms with E-state index in [0.717, 1.165) is 53.3 Å². The first-order valence-electron chi connectivity index (χ1n) is 12.9. The standard InChI is InChI=1S/C31H32N2O4/c1-3-33(26-19-18-25-24(26)16-11-17-27(25)36-21-29(34)35-4-2)20-28-32-30(22-12-7-5-8-13-22)31(37-28)23-14-9-6-10-15-23/h5-17,26H,3-4,18-21H2,1-2H3. The summed E-state index contributed by atoms with van der Waals surface area (Å²) in [4.78, 5) is 19.2. The van der Waals surface area contributed by atoms with Crippen molar-refractivity contribution >= 4 is 5.97 Å². The minimum Gasteiger partial charge on any atom is -0.482 e. The molecule has 0 aliphatic heterocycles. The van der Waals surface area contributed by atoms with Crippen molar-refractivity contribution in [1.29, 1.82) is 0 Å². The van der Waals surface area contributed by atoms with Gasteiger partial charge in [-0.05, 0) is 43.5 Å². The van der Waals surface area contributed by atoms with E-state index in [1.807, 2.05) is 48.5 Å². The molecule has 1 heterocycles. The van der Waals surface area contributed by atoms with Crippen LogP contribution in [0.15, 0.2) is 83.3 Å². The molecule has 0 radical (unpaired) electrons. The van der Waals surface area contributed by atoms with Crippen molar-refractivity contribution in [1.82, 2.24) is 9.88 Å². The summed E-state index contributed by atoms with van der Waals surface area (Å²) in [7, 11) is 0. The number of oxazole rings is 1. The molecule has 0 fully saturated rings. The average Bonchev–Trinajstić information content (AvgIpc) is 3.57. The second kappa shape index (κ2) is 11.4. The number of benzene rings is 3. The average molecular weight is 497 g/mol. The third kappa shape index (κ3) is 5.44. The SMILES string of the molecule is CCOC(=O)COc1cccc2c1CCC2N(CC)Cc1nc(-c2ccccc2)c(-c2ccccc2)o1. The van der Waals surface area contributed by atoms with E-state index >= 15 is 0 Å². The number of nitrogens with zero attached hydrogens (tertiary/aromatic N) is 2. The lowest BCUT2D eigenvalue weighted by Crippen LogP contribution is -2.27. The summed E-state index contributed by atoms with van der Waals surface area (Å²) in [5.74, 6) is 1.90. The van der Waals surface area contributed by atoms with Gasteiger partial charge in [-0.15, -0.1) is 0 Å². The van der Waals surface area contributed by atoms with Crippen molar-refractivity contribution in [2.45, 2.75) is 39.3 Å². The Morgan fingerprint density at radius 2 is 1.70 bits per heavy atom. The van der Waals surface area contributed by atoms with E-state index in [-0.39, 0.29) is 18.6 Å². The molecule has 0 bridgehead atoms. The molecule has 0 N–H and O–H groups in total. The van der Waals surface area contributed by atoms with Gasteiger partial charge >= 0.3 is 5.97 Å². The first-order chi connectivity index (χ1) is 18.2. The topological polar surface area (TPSA) is 64.8 Å². The Morgan fingerprint density at radius 3 is 2.41 bits per heavy atom. The van der Waals surface area contributed by atoms with E-state index < -0.39 is 0 Å². The molecule has 0 amide bonds. The molecule has 6 heteroatoms. The van der Waals surface area contributed by atoms with Gasteiger partial charge in [0.05, 0.1) is 13.2 Å². The van der Waals surface area contributed by atoms with Gasteiger partial charge in [0.25, 0.3) is 0 Å². The molecule has 3 aromatic carbocycles. The number of esters is 1. The van der Waals surface area contributed by atoms with Crippen LogP contribution < -0.4 is 4.74 Å². The summed E-state index contributed by atoms with van der Waals surface area (Å²) in [6.07, 6.45) is 1.87. The lowest BCUT2D eigenvalue weighted by atomic mass is 10.1. The third-order valence-electron chi connectivity index (χ3n) is 6.79. The number of aromatic nitrogens is 1. The minimum absolute atomic E-state index is 0.0761. The molecule has 4 aromatic rings. The van der Waals surface area contributed by atoms with E-state index in [1.165, 1.54) is 5.56 Å². The van der Waals surface area contributed by atoms with Crippen LogP contribution in [0.4, 0.5) is 0 Å². The summed E-state index contributed by atoms with van der Waals surface area (Å²) < 4.78 is 17.3. The smallest absolute Gasteiger partial charge is 0.344 e. The molecule has 37 heavy (non-hydrogen) atoms. The van der Waals surface area contributed by atoms with Crippen LogP contribution in [-0.2, 0) is 22.5 Å². The highest BCUT2D eigenvalue weighted by Crippen LogP contribution is 2.41. The monoisotopic (exact) mass is 496 g/mol. The summed E-state index contributed by atoms with van der Waals surface area (Å²) in [5, 5.41) is 0. The second-order valence-electron chi connectivity index (χ2n) is 9.05. The highest BCUT2D eigenvalue weighted by atomic mass is 16.6. The Bertz CT molecular complexity index is 1280. The maximum absolute atomic E-state index is 11.8. The number of fused-ring (bicyclic) bond motifs is 1. The third-order valence-corrected chi connectivity index (χ3v) is 6.79. The van der Waals surface area contributed by atoms with Gasteiger partial charge in [-0.25, -0.2) is 9.78 Å². The molecule has 1 aliphatic rings. The molecule has 190 valence electrons.